The molecule has 8 nitrogen and oxygen atoms in total. The molecular formula is C21H24N4O4S. The smallest absolute Gasteiger partial charge is 0.276 e. The molecule has 9 heteroatoms. The van der Waals surface area contributed by atoms with E-state index in [1.807, 2.05) is 13.8 Å². The summed E-state index contributed by atoms with van der Waals surface area (Å²) >= 11 is 0. The van der Waals surface area contributed by atoms with Crippen LogP contribution in [-0.2, 0) is 16.6 Å². The minimum absolute atomic E-state index is 0.125. The molecule has 0 unspecified atom stereocenters. The molecule has 30 heavy (non-hydrogen) atoms. The van der Waals surface area contributed by atoms with Gasteiger partial charge in [0.15, 0.2) is 5.69 Å². The first-order chi connectivity index (χ1) is 14.1. The van der Waals surface area contributed by atoms with Gasteiger partial charge in [0.05, 0.1) is 10.3 Å². The maximum Gasteiger partial charge on any atom is 0.276 e. The molecule has 1 aromatic heterocycles. The molecule has 3 rings (SSSR count). The van der Waals surface area contributed by atoms with Crippen molar-refractivity contribution in [2.75, 3.05) is 19.4 Å². The van der Waals surface area contributed by atoms with Gasteiger partial charge >= 0.3 is 0 Å². The van der Waals surface area contributed by atoms with E-state index >= 15 is 0 Å². The van der Waals surface area contributed by atoms with Crippen LogP contribution in [0.1, 0.15) is 24.3 Å². The summed E-state index contributed by atoms with van der Waals surface area (Å²) in [5, 5.41) is 7.93. The third-order valence-electron chi connectivity index (χ3n) is 4.51. The second-order valence-electron chi connectivity index (χ2n) is 7.54. The van der Waals surface area contributed by atoms with Gasteiger partial charge in [0.1, 0.15) is 0 Å². The highest BCUT2D eigenvalue weighted by atomic mass is 32.2. The molecule has 0 spiro atoms. The molecule has 0 atom stereocenters. The van der Waals surface area contributed by atoms with Crippen LogP contribution < -0.4 is 10.9 Å². The van der Waals surface area contributed by atoms with Gasteiger partial charge in [0, 0.05) is 31.7 Å². The van der Waals surface area contributed by atoms with Gasteiger partial charge < -0.3 is 5.32 Å². The third-order valence-corrected chi connectivity index (χ3v) is 6.34. The van der Waals surface area contributed by atoms with Gasteiger partial charge in [-0.25, -0.2) is 17.4 Å². The van der Waals surface area contributed by atoms with Crippen LogP contribution in [0.2, 0.25) is 0 Å². The number of nitrogens with one attached hydrogen (secondary N) is 1. The number of nitrogens with zero attached hydrogens (tertiary/aromatic N) is 3. The summed E-state index contributed by atoms with van der Waals surface area (Å²) in [5.74, 6) is -0.301. The van der Waals surface area contributed by atoms with Crippen LogP contribution in [0.25, 0.3) is 10.8 Å². The molecule has 0 aliphatic heterocycles. The average molecular weight is 429 g/mol. The number of amides is 1. The summed E-state index contributed by atoms with van der Waals surface area (Å²) in [5.41, 5.74) is 0.315. The van der Waals surface area contributed by atoms with E-state index in [0.29, 0.717) is 23.0 Å². The molecule has 1 heterocycles. The van der Waals surface area contributed by atoms with Gasteiger partial charge in [-0.05, 0) is 36.2 Å². The van der Waals surface area contributed by atoms with Crippen LogP contribution in [0.15, 0.2) is 58.2 Å². The highest BCUT2D eigenvalue weighted by Crippen LogP contribution is 2.19. The Morgan fingerprint density at radius 3 is 2.23 bits per heavy atom. The minimum atomic E-state index is -3.55. The molecule has 0 bridgehead atoms. The number of sulfonamides is 1. The summed E-state index contributed by atoms with van der Waals surface area (Å²) in [6.45, 7) is 4.32. The maximum absolute atomic E-state index is 13.0. The summed E-state index contributed by atoms with van der Waals surface area (Å²) in [4.78, 5) is 25.8. The third kappa shape index (κ3) is 4.27. The Labute approximate surface area is 175 Å². The van der Waals surface area contributed by atoms with Crippen LogP contribution in [0.5, 0.6) is 0 Å². The Balaban J connectivity index is 1.97. The van der Waals surface area contributed by atoms with Gasteiger partial charge in [-0.2, -0.15) is 5.10 Å². The van der Waals surface area contributed by atoms with Gasteiger partial charge in [0.25, 0.3) is 11.5 Å². The molecule has 0 aliphatic rings. The Kier molecular flexibility index (Phi) is 6.04. The largest absolute Gasteiger partial charge is 0.321 e. The predicted molar refractivity (Wildman–Crippen MR) is 116 cm³/mol. The molecule has 2 aromatic carbocycles. The Morgan fingerprint density at radius 2 is 1.67 bits per heavy atom. The molecule has 0 radical (unpaired) electrons. The lowest BCUT2D eigenvalue weighted by atomic mass is 10.1. The Bertz CT molecular complexity index is 1250. The van der Waals surface area contributed by atoms with Crippen LogP contribution in [-0.4, -0.2) is 42.5 Å². The first-order valence-corrected chi connectivity index (χ1v) is 10.9. The molecular weight excluding hydrogens is 404 g/mol. The van der Waals surface area contributed by atoms with E-state index in [2.05, 4.69) is 10.4 Å². The summed E-state index contributed by atoms with van der Waals surface area (Å²) in [7, 11) is -0.650. The predicted octanol–water partition coefficient (Wildman–Crippen LogP) is 2.56. The number of anilines is 1. The molecule has 1 amide bonds. The quantitative estimate of drug-likeness (QED) is 0.650. The number of carbonyl (C=O) groups is 1. The van der Waals surface area contributed by atoms with E-state index in [1.165, 1.54) is 43.0 Å². The number of aromatic nitrogens is 2. The van der Waals surface area contributed by atoms with Crippen molar-refractivity contribution in [1.29, 1.82) is 0 Å². The van der Waals surface area contributed by atoms with Crippen molar-refractivity contribution in [3.8, 4) is 0 Å². The monoisotopic (exact) mass is 428 g/mol. The maximum atomic E-state index is 13.0. The van der Waals surface area contributed by atoms with E-state index in [1.54, 1.807) is 24.3 Å². The second-order valence-corrected chi connectivity index (χ2v) is 9.69. The van der Waals surface area contributed by atoms with Crippen molar-refractivity contribution in [1.82, 2.24) is 14.1 Å². The molecule has 0 fully saturated rings. The number of fused-ring (bicyclic) bond motifs is 1. The highest BCUT2D eigenvalue weighted by Gasteiger charge is 2.19. The van der Waals surface area contributed by atoms with E-state index in [-0.39, 0.29) is 22.1 Å². The standard InChI is InChI=1S/C21H24N4O4S/c1-14(2)13-25-21(27)18-8-6-5-7-17(18)19(23-25)20(26)22-15-9-11-16(12-10-15)30(28,29)24(3)4/h5-12,14H,13H2,1-4H3,(H,22,26). The average Bonchev–Trinajstić information content (AvgIpc) is 2.70. The molecule has 0 saturated carbocycles. The van der Waals surface area contributed by atoms with Gasteiger partial charge in [-0.3, -0.25) is 9.59 Å². The first kappa shape index (κ1) is 21.7. The summed E-state index contributed by atoms with van der Waals surface area (Å²) in [6, 6.07) is 12.7. The van der Waals surface area contributed by atoms with Gasteiger partial charge in [-0.1, -0.05) is 32.0 Å². The zero-order chi connectivity index (χ0) is 22.1. The number of rotatable bonds is 6. The molecule has 0 saturated heterocycles. The molecule has 3 aromatic rings. The van der Waals surface area contributed by atoms with E-state index in [4.69, 9.17) is 0 Å². The zero-order valence-corrected chi connectivity index (χ0v) is 18.1. The first-order valence-electron chi connectivity index (χ1n) is 9.45. The number of carbonyl (C=O) groups excluding carboxylic acids is 1. The number of hydrogen-bond donors (Lipinski definition) is 1. The van der Waals surface area contributed by atoms with Crippen molar-refractivity contribution < 1.29 is 13.2 Å². The van der Waals surface area contributed by atoms with Crippen LogP contribution >= 0.6 is 0 Å². The SMILES string of the molecule is CC(C)Cn1nc(C(=O)Nc2ccc(S(=O)(=O)N(C)C)cc2)c2ccccc2c1=O. The lowest BCUT2D eigenvalue weighted by Crippen LogP contribution is -2.29. The summed E-state index contributed by atoms with van der Waals surface area (Å²) < 4.78 is 26.8. The van der Waals surface area contributed by atoms with Crippen molar-refractivity contribution in [2.45, 2.75) is 25.3 Å². The molecule has 158 valence electrons. The molecule has 0 aliphatic carbocycles. The zero-order valence-electron chi connectivity index (χ0n) is 17.3. The fourth-order valence-electron chi connectivity index (χ4n) is 2.98. The van der Waals surface area contributed by atoms with Crippen molar-refractivity contribution in [3.63, 3.8) is 0 Å². The number of benzene rings is 2. The lowest BCUT2D eigenvalue weighted by molar-refractivity contribution is 0.102. The van der Waals surface area contributed by atoms with Crippen molar-refractivity contribution in [3.05, 3.63) is 64.6 Å². The topological polar surface area (TPSA) is 101 Å². The molecule has 1 N–H and O–H groups in total. The fourth-order valence-corrected chi connectivity index (χ4v) is 3.89. The Hall–Kier alpha value is -3.04. The van der Waals surface area contributed by atoms with Crippen LogP contribution in [0.4, 0.5) is 5.69 Å². The highest BCUT2D eigenvalue weighted by molar-refractivity contribution is 7.89. The fraction of sp³-hybridized carbons (Fsp3) is 0.286. The van der Waals surface area contributed by atoms with E-state index in [9.17, 15) is 18.0 Å². The van der Waals surface area contributed by atoms with Crippen LogP contribution in [0, 0.1) is 5.92 Å². The minimum Gasteiger partial charge on any atom is -0.321 e. The Morgan fingerprint density at radius 1 is 1.07 bits per heavy atom. The van der Waals surface area contributed by atoms with Gasteiger partial charge in [0.2, 0.25) is 10.0 Å². The normalized spacial score (nSPS) is 11.9. The van der Waals surface area contributed by atoms with E-state index < -0.39 is 15.9 Å². The second kappa shape index (κ2) is 8.37. The number of hydrogen-bond acceptors (Lipinski definition) is 5. The lowest BCUT2D eigenvalue weighted by Gasteiger charge is -2.13. The van der Waals surface area contributed by atoms with Crippen molar-refractivity contribution >= 4 is 32.4 Å². The van der Waals surface area contributed by atoms with Gasteiger partial charge in [-0.15, -0.1) is 0 Å². The van der Waals surface area contributed by atoms with E-state index in [0.717, 1.165) is 4.31 Å². The summed E-state index contributed by atoms with van der Waals surface area (Å²) in [6.07, 6.45) is 0. The van der Waals surface area contributed by atoms with Crippen LogP contribution in [0.3, 0.4) is 0 Å². The van der Waals surface area contributed by atoms with Crippen molar-refractivity contribution in [2.24, 2.45) is 5.92 Å².